The highest BCUT2D eigenvalue weighted by Crippen LogP contribution is 2.17. The van der Waals surface area contributed by atoms with Crippen molar-refractivity contribution in [2.45, 2.75) is 26.4 Å². The van der Waals surface area contributed by atoms with Crippen LogP contribution in [0, 0.1) is 11.8 Å². The summed E-state index contributed by atoms with van der Waals surface area (Å²) in [5.41, 5.74) is 6.84. The first-order chi connectivity index (χ1) is 7.15. The summed E-state index contributed by atoms with van der Waals surface area (Å²) < 4.78 is 0. The van der Waals surface area contributed by atoms with Crippen molar-refractivity contribution in [2.75, 3.05) is 6.54 Å². The fourth-order valence-corrected chi connectivity index (χ4v) is 1.88. The Labute approximate surface area is 92.1 Å². The quantitative estimate of drug-likeness (QED) is 0.773. The summed E-state index contributed by atoms with van der Waals surface area (Å²) in [5, 5.41) is 10.1. The predicted molar refractivity (Wildman–Crippen MR) is 63.5 cm³/mol. The summed E-state index contributed by atoms with van der Waals surface area (Å²) in [6, 6.07) is 10.1. The molecule has 1 aromatic rings. The minimum atomic E-state index is -0.336. The van der Waals surface area contributed by atoms with E-state index in [0.717, 1.165) is 0 Å². The Hall–Kier alpha value is -0.860. The van der Waals surface area contributed by atoms with Crippen molar-refractivity contribution in [1.82, 2.24) is 0 Å². The zero-order valence-corrected chi connectivity index (χ0v) is 9.56. The SMILES string of the molecule is CC(C)C(CN)C(O)Cc1ccccc1. The van der Waals surface area contributed by atoms with Crippen LogP contribution in [-0.2, 0) is 6.42 Å². The number of nitrogens with two attached hydrogens (primary N) is 1. The predicted octanol–water partition coefficient (Wildman–Crippen LogP) is 1.82. The summed E-state index contributed by atoms with van der Waals surface area (Å²) >= 11 is 0. The minimum absolute atomic E-state index is 0.185. The van der Waals surface area contributed by atoms with Crippen LogP contribution in [-0.4, -0.2) is 17.8 Å². The van der Waals surface area contributed by atoms with Gasteiger partial charge in [0, 0.05) is 0 Å². The molecule has 0 aromatic heterocycles. The van der Waals surface area contributed by atoms with Gasteiger partial charge in [-0.15, -0.1) is 0 Å². The average Bonchev–Trinajstić information content (AvgIpc) is 2.19. The highest BCUT2D eigenvalue weighted by Gasteiger charge is 2.21. The molecule has 1 aromatic carbocycles. The molecule has 0 saturated heterocycles. The van der Waals surface area contributed by atoms with Gasteiger partial charge in [-0.3, -0.25) is 0 Å². The Kier molecular flexibility index (Phi) is 4.79. The molecule has 15 heavy (non-hydrogen) atoms. The van der Waals surface area contributed by atoms with Crippen molar-refractivity contribution in [2.24, 2.45) is 17.6 Å². The maximum absolute atomic E-state index is 10.1. The zero-order valence-electron chi connectivity index (χ0n) is 9.56. The van der Waals surface area contributed by atoms with E-state index < -0.39 is 0 Å². The van der Waals surface area contributed by atoms with E-state index in [1.807, 2.05) is 30.3 Å². The van der Waals surface area contributed by atoms with E-state index >= 15 is 0 Å². The third-order valence-electron chi connectivity index (χ3n) is 2.91. The summed E-state index contributed by atoms with van der Waals surface area (Å²) in [7, 11) is 0. The van der Waals surface area contributed by atoms with Gasteiger partial charge in [0.25, 0.3) is 0 Å². The first kappa shape index (κ1) is 12.2. The van der Waals surface area contributed by atoms with Gasteiger partial charge in [0.1, 0.15) is 0 Å². The molecule has 1 rings (SSSR count). The second kappa shape index (κ2) is 5.89. The van der Waals surface area contributed by atoms with Crippen molar-refractivity contribution < 1.29 is 5.11 Å². The van der Waals surface area contributed by atoms with Crippen LogP contribution in [0.1, 0.15) is 19.4 Å². The van der Waals surface area contributed by atoms with Crippen molar-refractivity contribution in [3.63, 3.8) is 0 Å². The molecule has 0 amide bonds. The van der Waals surface area contributed by atoms with E-state index in [1.165, 1.54) is 5.56 Å². The van der Waals surface area contributed by atoms with E-state index in [9.17, 15) is 5.11 Å². The van der Waals surface area contributed by atoms with Crippen LogP contribution in [0.15, 0.2) is 30.3 Å². The second-order valence-electron chi connectivity index (χ2n) is 4.40. The maximum Gasteiger partial charge on any atom is 0.0623 e. The lowest BCUT2D eigenvalue weighted by Gasteiger charge is -2.24. The molecule has 0 aliphatic carbocycles. The topological polar surface area (TPSA) is 46.2 Å². The highest BCUT2D eigenvalue weighted by molar-refractivity contribution is 5.15. The van der Waals surface area contributed by atoms with Crippen LogP contribution in [0.2, 0.25) is 0 Å². The monoisotopic (exact) mass is 207 g/mol. The van der Waals surface area contributed by atoms with Crippen LogP contribution >= 0.6 is 0 Å². The lowest BCUT2D eigenvalue weighted by molar-refractivity contribution is 0.0863. The summed E-state index contributed by atoms with van der Waals surface area (Å²) in [4.78, 5) is 0. The molecule has 2 atom stereocenters. The Morgan fingerprint density at radius 3 is 2.27 bits per heavy atom. The van der Waals surface area contributed by atoms with Crippen LogP contribution in [0.4, 0.5) is 0 Å². The van der Waals surface area contributed by atoms with Gasteiger partial charge >= 0.3 is 0 Å². The molecule has 0 aliphatic heterocycles. The molecular formula is C13H21NO. The van der Waals surface area contributed by atoms with Crippen molar-refractivity contribution in [3.05, 3.63) is 35.9 Å². The molecule has 0 aliphatic rings. The standard InChI is InChI=1S/C13H21NO/c1-10(2)12(9-14)13(15)8-11-6-4-3-5-7-11/h3-7,10,12-13,15H,8-9,14H2,1-2H3. The summed E-state index contributed by atoms with van der Waals surface area (Å²) in [6.07, 6.45) is 0.360. The fraction of sp³-hybridized carbons (Fsp3) is 0.538. The van der Waals surface area contributed by atoms with Gasteiger partial charge in [0.15, 0.2) is 0 Å². The Bertz CT molecular complexity index is 271. The zero-order chi connectivity index (χ0) is 11.3. The number of aliphatic hydroxyl groups is 1. The number of aliphatic hydroxyl groups excluding tert-OH is 1. The molecule has 2 unspecified atom stereocenters. The van der Waals surface area contributed by atoms with Crippen LogP contribution in [0.5, 0.6) is 0 Å². The first-order valence-electron chi connectivity index (χ1n) is 5.57. The van der Waals surface area contributed by atoms with E-state index in [-0.39, 0.29) is 12.0 Å². The Morgan fingerprint density at radius 2 is 1.80 bits per heavy atom. The van der Waals surface area contributed by atoms with Crippen molar-refractivity contribution >= 4 is 0 Å². The van der Waals surface area contributed by atoms with E-state index in [4.69, 9.17) is 5.73 Å². The molecule has 0 heterocycles. The van der Waals surface area contributed by atoms with Gasteiger partial charge in [-0.05, 0) is 30.4 Å². The van der Waals surface area contributed by atoms with Gasteiger partial charge in [0.2, 0.25) is 0 Å². The normalized spacial score (nSPS) is 15.3. The molecule has 2 nitrogen and oxygen atoms in total. The van der Waals surface area contributed by atoms with Gasteiger partial charge in [0.05, 0.1) is 6.10 Å². The van der Waals surface area contributed by atoms with E-state index in [1.54, 1.807) is 0 Å². The summed E-state index contributed by atoms with van der Waals surface area (Å²) in [5.74, 6) is 0.610. The van der Waals surface area contributed by atoms with Gasteiger partial charge in [-0.25, -0.2) is 0 Å². The molecule has 84 valence electrons. The first-order valence-corrected chi connectivity index (χ1v) is 5.57. The Morgan fingerprint density at radius 1 is 1.20 bits per heavy atom. The van der Waals surface area contributed by atoms with Crippen LogP contribution in [0.25, 0.3) is 0 Å². The number of rotatable bonds is 5. The fourth-order valence-electron chi connectivity index (χ4n) is 1.88. The van der Waals surface area contributed by atoms with Crippen LogP contribution < -0.4 is 5.73 Å². The molecule has 0 radical (unpaired) electrons. The molecule has 0 spiro atoms. The molecule has 2 heteroatoms. The lowest BCUT2D eigenvalue weighted by atomic mass is 9.87. The molecular weight excluding hydrogens is 186 g/mol. The highest BCUT2D eigenvalue weighted by atomic mass is 16.3. The van der Waals surface area contributed by atoms with Crippen LogP contribution in [0.3, 0.4) is 0 Å². The van der Waals surface area contributed by atoms with E-state index in [0.29, 0.717) is 18.9 Å². The third-order valence-corrected chi connectivity index (χ3v) is 2.91. The third kappa shape index (κ3) is 3.65. The summed E-state index contributed by atoms with van der Waals surface area (Å²) in [6.45, 7) is 4.75. The number of benzene rings is 1. The number of hydrogen-bond donors (Lipinski definition) is 2. The van der Waals surface area contributed by atoms with Gasteiger partial charge < -0.3 is 10.8 Å². The van der Waals surface area contributed by atoms with Gasteiger partial charge in [-0.2, -0.15) is 0 Å². The second-order valence-corrected chi connectivity index (χ2v) is 4.40. The molecule has 0 fully saturated rings. The maximum atomic E-state index is 10.1. The smallest absolute Gasteiger partial charge is 0.0623 e. The largest absolute Gasteiger partial charge is 0.392 e. The number of hydrogen-bond acceptors (Lipinski definition) is 2. The molecule has 3 N–H and O–H groups in total. The van der Waals surface area contributed by atoms with E-state index in [2.05, 4.69) is 13.8 Å². The molecule has 0 saturated carbocycles. The van der Waals surface area contributed by atoms with Crippen molar-refractivity contribution in [1.29, 1.82) is 0 Å². The minimum Gasteiger partial charge on any atom is -0.392 e. The van der Waals surface area contributed by atoms with Gasteiger partial charge in [-0.1, -0.05) is 44.2 Å². The Balaban J connectivity index is 2.58. The lowest BCUT2D eigenvalue weighted by Crippen LogP contribution is -2.33. The average molecular weight is 207 g/mol. The van der Waals surface area contributed by atoms with Crippen molar-refractivity contribution in [3.8, 4) is 0 Å². The molecule has 0 bridgehead atoms.